The molecule has 0 bridgehead atoms. The number of hydrogen-bond donors (Lipinski definition) is 1. The minimum Gasteiger partial charge on any atom is -0.387 e. The predicted molar refractivity (Wildman–Crippen MR) is 79.3 cm³/mol. The lowest BCUT2D eigenvalue weighted by molar-refractivity contribution is 0.169. The summed E-state index contributed by atoms with van der Waals surface area (Å²) >= 11 is 0. The van der Waals surface area contributed by atoms with Gasteiger partial charge < -0.3 is 10.0 Å². The molecular weight excluding hydrogens is 236 g/mol. The van der Waals surface area contributed by atoms with Gasteiger partial charge in [-0.25, -0.2) is 0 Å². The number of piperidine rings is 1. The van der Waals surface area contributed by atoms with Crippen molar-refractivity contribution in [2.45, 2.75) is 52.6 Å². The maximum atomic E-state index is 9.75. The van der Waals surface area contributed by atoms with Crippen LogP contribution in [0.3, 0.4) is 0 Å². The maximum Gasteiger partial charge on any atom is 0.0957 e. The van der Waals surface area contributed by atoms with Crippen LogP contribution in [-0.4, -0.2) is 23.2 Å². The van der Waals surface area contributed by atoms with Gasteiger partial charge in [-0.1, -0.05) is 27.2 Å². The Morgan fingerprint density at radius 2 is 2.00 bits per heavy atom. The topological polar surface area (TPSA) is 36.4 Å². The number of hydrogen-bond acceptors (Lipinski definition) is 3. The molecule has 2 heterocycles. The van der Waals surface area contributed by atoms with Crippen LogP contribution in [-0.2, 0) is 0 Å². The van der Waals surface area contributed by atoms with Gasteiger partial charge in [0, 0.05) is 13.1 Å². The molecule has 1 N–H and O–H groups in total. The van der Waals surface area contributed by atoms with E-state index in [0.717, 1.165) is 18.8 Å². The van der Waals surface area contributed by atoms with E-state index in [2.05, 4.69) is 29.8 Å². The van der Waals surface area contributed by atoms with Crippen molar-refractivity contribution in [3.05, 3.63) is 24.0 Å². The van der Waals surface area contributed by atoms with Crippen molar-refractivity contribution in [2.75, 3.05) is 18.0 Å². The van der Waals surface area contributed by atoms with Gasteiger partial charge in [-0.3, -0.25) is 4.98 Å². The van der Waals surface area contributed by atoms with E-state index in [4.69, 9.17) is 0 Å². The number of pyridine rings is 1. The highest BCUT2D eigenvalue weighted by molar-refractivity contribution is 5.45. The first-order valence-electron chi connectivity index (χ1n) is 7.47. The molecule has 0 spiro atoms. The zero-order valence-electron chi connectivity index (χ0n) is 12.4. The van der Waals surface area contributed by atoms with E-state index in [9.17, 15) is 5.11 Å². The Labute approximate surface area is 116 Å². The summed E-state index contributed by atoms with van der Waals surface area (Å²) in [5, 5.41) is 9.75. The van der Waals surface area contributed by atoms with Crippen LogP contribution >= 0.6 is 0 Å². The standard InChI is InChI=1S/C16H26N2O/c1-4-15(19)14-7-6-13(12-17-14)18-10-8-16(3,5-2)9-11-18/h6-7,12,15,19H,4-5,8-11H2,1-3H3. The quantitative estimate of drug-likeness (QED) is 0.901. The highest BCUT2D eigenvalue weighted by Gasteiger charge is 2.28. The van der Waals surface area contributed by atoms with Crippen LogP contribution < -0.4 is 4.90 Å². The summed E-state index contributed by atoms with van der Waals surface area (Å²) in [5.74, 6) is 0. The monoisotopic (exact) mass is 262 g/mol. The largest absolute Gasteiger partial charge is 0.387 e. The van der Waals surface area contributed by atoms with Gasteiger partial charge in [0.05, 0.1) is 23.7 Å². The van der Waals surface area contributed by atoms with Gasteiger partial charge in [0.1, 0.15) is 0 Å². The van der Waals surface area contributed by atoms with Crippen molar-refractivity contribution in [1.29, 1.82) is 0 Å². The fourth-order valence-electron chi connectivity index (χ4n) is 2.65. The van der Waals surface area contributed by atoms with Crippen molar-refractivity contribution in [2.24, 2.45) is 5.41 Å². The zero-order valence-corrected chi connectivity index (χ0v) is 12.4. The fraction of sp³-hybridized carbons (Fsp3) is 0.688. The smallest absolute Gasteiger partial charge is 0.0957 e. The molecule has 0 aliphatic carbocycles. The first-order valence-corrected chi connectivity index (χ1v) is 7.47. The fourth-order valence-corrected chi connectivity index (χ4v) is 2.65. The van der Waals surface area contributed by atoms with Gasteiger partial charge in [0.25, 0.3) is 0 Å². The molecule has 0 radical (unpaired) electrons. The van der Waals surface area contributed by atoms with Gasteiger partial charge in [0.2, 0.25) is 0 Å². The molecule has 1 atom stereocenters. The molecule has 1 unspecified atom stereocenters. The predicted octanol–water partition coefficient (Wildman–Crippen LogP) is 3.54. The number of aliphatic hydroxyl groups is 1. The third-order valence-corrected chi connectivity index (χ3v) is 4.69. The molecule has 3 nitrogen and oxygen atoms in total. The molecule has 1 aromatic heterocycles. The zero-order chi connectivity index (χ0) is 13.9. The van der Waals surface area contributed by atoms with Crippen LogP contribution in [0.25, 0.3) is 0 Å². The minimum absolute atomic E-state index is 0.432. The number of rotatable bonds is 4. The number of aliphatic hydroxyl groups excluding tert-OH is 1. The molecular formula is C16H26N2O. The van der Waals surface area contributed by atoms with E-state index >= 15 is 0 Å². The van der Waals surface area contributed by atoms with Gasteiger partial charge in [-0.15, -0.1) is 0 Å². The molecule has 1 saturated heterocycles. The lowest BCUT2D eigenvalue weighted by atomic mass is 9.78. The molecule has 1 aliphatic rings. The number of aromatic nitrogens is 1. The second kappa shape index (κ2) is 5.91. The van der Waals surface area contributed by atoms with Gasteiger partial charge >= 0.3 is 0 Å². The van der Waals surface area contributed by atoms with Crippen molar-refractivity contribution in [3.63, 3.8) is 0 Å². The third-order valence-electron chi connectivity index (χ3n) is 4.69. The van der Waals surface area contributed by atoms with E-state index in [1.165, 1.54) is 24.9 Å². The molecule has 1 aromatic rings. The molecule has 0 amide bonds. The summed E-state index contributed by atoms with van der Waals surface area (Å²) in [6.45, 7) is 8.88. The van der Waals surface area contributed by atoms with Gasteiger partial charge in [-0.2, -0.15) is 0 Å². The normalized spacial score (nSPS) is 20.3. The van der Waals surface area contributed by atoms with Crippen LogP contribution in [0, 0.1) is 5.41 Å². The van der Waals surface area contributed by atoms with Crippen LogP contribution in [0.1, 0.15) is 58.3 Å². The first kappa shape index (κ1) is 14.3. The second-order valence-corrected chi connectivity index (χ2v) is 6.02. The van der Waals surface area contributed by atoms with E-state index < -0.39 is 6.10 Å². The summed E-state index contributed by atoms with van der Waals surface area (Å²) in [5.41, 5.74) is 2.48. The molecule has 0 saturated carbocycles. The van der Waals surface area contributed by atoms with Crippen LogP contribution in [0.5, 0.6) is 0 Å². The summed E-state index contributed by atoms with van der Waals surface area (Å²) in [4.78, 5) is 6.80. The summed E-state index contributed by atoms with van der Waals surface area (Å²) in [6, 6.07) is 4.05. The Morgan fingerprint density at radius 3 is 2.47 bits per heavy atom. The lowest BCUT2D eigenvalue weighted by Crippen LogP contribution is -2.38. The van der Waals surface area contributed by atoms with E-state index in [0.29, 0.717) is 11.8 Å². The Bertz CT molecular complexity index is 394. The minimum atomic E-state index is -0.432. The SMILES string of the molecule is CCC(O)c1ccc(N2CCC(C)(CC)CC2)cn1. The Kier molecular flexibility index (Phi) is 4.46. The van der Waals surface area contributed by atoms with Crippen molar-refractivity contribution in [3.8, 4) is 0 Å². The van der Waals surface area contributed by atoms with Crippen molar-refractivity contribution < 1.29 is 5.11 Å². The molecule has 2 rings (SSSR count). The summed E-state index contributed by atoms with van der Waals surface area (Å²) in [7, 11) is 0. The maximum absolute atomic E-state index is 9.75. The van der Waals surface area contributed by atoms with E-state index in [1.807, 2.05) is 19.2 Å². The molecule has 1 aliphatic heterocycles. The number of anilines is 1. The van der Waals surface area contributed by atoms with Crippen LogP contribution in [0.2, 0.25) is 0 Å². The van der Waals surface area contributed by atoms with E-state index in [1.54, 1.807) is 0 Å². The highest BCUT2D eigenvalue weighted by atomic mass is 16.3. The van der Waals surface area contributed by atoms with Crippen LogP contribution in [0.4, 0.5) is 5.69 Å². The number of nitrogens with zero attached hydrogens (tertiary/aromatic N) is 2. The van der Waals surface area contributed by atoms with Crippen molar-refractivity contribution in [1.82, 2.24) is 4.98 Å². The molecule has 3 heteroatoms. The lowest BCUT2D eigenvalue weighted by Gasteiger charge is -2.40. The average Bonchev–Trinajstić information content (AvgIpc) is 2.47. The summed E-state index contributed by atoms with van der Waals surface area (Å²) in [6.07, 6.45) is 5.96. The van der Waals surface area contributed by atoms with Crippen LogP contribution in [0.15, 0.2) is 18.3 Å². The van der Waals surface area contributed by atoms with Gasteiger partial charge in [-0.05, 0) is 36.8 Å². The Balaban J connectivity index is 2.00. The Hall–Kier alpha value is -1.09. The second-order valence-electron chi connectivity index (χ2n) is 6.02. The molecule has 106 valence electrons. The molecule has 1 fully saturated rings. The average molecular weight is 262 g/mol. The molecule has 0 aromatic carbocycles. The molecule has 19 heavy (non-hydrogen) atoms. The first-order chi connectivity index (χ1) is 9.08. The Morgan fingerprint density at radius 1 is 1.32 bits per heavy atom. The van der Waals surface area contributed by atoms with Crippen molar-refractivity contribution >= 4 is 5.69 Å². The highest BCUT2D eigenvalue weighted by Crippen LogP contribution is 2.35. The van der Waals surface area contributed by atoms with Gasteiger partial charge in [0.15, 0.2) is 0 Å². The summed E-state index contributed by atoms with van der Waals surface area (Å²) < 4.78 is 0. The van der Waals surface area contributed by atoms with E-state index in [-0.39, 0.29) is 0 Å². The third kappa shape index (κ3) is 3.27.